The number of aromatic hydroxyl groups is 1. The molecule has 95 heavy (non-hydrogen) atoms. The first-order valence-corrected chi connectivity index (χ1v) is 32.2. The second-order valence-electron chi connectivity index (χ2n) is 24.5. The largest absolute Gasteiger partial charge is 0.508 e. The number of para-hydroxylation sites is 2. The number of phenols is 1. The number of rotatable bonds is 32. The summed E-state index contributed by atoms with van der Waals surface area (Å²) in [6.45, 7) is 5.16. The minimum Gasteiger partial charge on any atom is -0.508 e. The van der Waals surface area contributed by atoms with E-state index in [0.717, 1.165) is 21.8 Å². The van der Waals surface area contributed by atoms with Gasteiger partial charge in [0.25, 0.3) is 0 Å². The molecule has 9 atom stereocenters. The van der Waals surface area contributed by atoms with Crippen LogP contribution in [-0.4, -0.2) is 183 Å². The molecule has 2 fully saturated rings. The zero-order chi connectivity index (χ0) is 68.3. The maximum atomic E-state index is 15.1. The van der Waals surface area contributed by atoms with E-state index < -0.39 is 108 Å². The zero-order valence-electron chi connectivity index (χ0n) is 53.8. The summed E-state index contributed by atoms with van der Waals surface area (Å²) in [5, 5.41) is 44.7. The van der Waals surface area contributed by atoms with Crippen molar-refractivity contribution in [2.24, 2.45) is 22.4 Å². The highest BCUT2D eigenvalue weighted by atomic mass is 16.3. The Morgan fingerprint density at radius 1 is 0.684 bits per heavy atom. The number of benzene rings is 4. The van der Waals surface area contributed by atoms with Crippen molar-refractivity contribution in [3.63, 3.8) is 0 Å². The Morgan fingerprint density at radius 3 is 1.93 bits per heavy atom. The van der Waals surface area contributed by atoms with Crippen molar-refractivity contribution >= 4 is 86.8 Å². The fraction of sp³-hybridized carbons (Fsp3) is 0.426. The van der Waals surface area contributed by atoms with Gasteiger partial charge in [-0.2, -0.15) is 0 Å². The van der Waals surface area contributed by atoms with Gasteiger partial charge >= 0.3 is 0 Å². The summed E-state index contributed by atoms with van der Waals surface area (Å²) in [6.07, 6.45) is 2.79. The minimum absolute atomic E-state index is 0.00927. The lowest BCUT2D eigenvalue weighted by molar-refractivity contribution is -0.142. The van der Waals surface area contributed by atoms with Crippen molar-refractivity contribution in [2.75, 3.05) is 33.3 Å². The SMILES string of the molecule is CCNC(=O)[C@@H]1CCCN1C(=O)[C@H](CCCN=C(N)N)NC(=O)[C@H](CC(C)C)NC(=O)[C@@H](Cc1cc2ccccc2[nH]1)NC(=O)[C@H](Cc1ccc(O)cc1)NC(=O)[C@H](CO)NC(=O)[C@H](Cc1c[nH]c2ccccc12)NC(=O)[C@H](Cc1ccccc1)N(C)C(=O)[C@@H]1CCC(=O)N1. The van der Waals surface area contributed by atoms with Crippen molar-refractivity contribution in [2.45, 2.75) is 146 Å². The summed E-state index contributed by atoms with van der Waals surface area (Å²) in [7, 11) is 1.44. The van der Waals surface area contributed by atoms with Crippen molar-refractivity contribution in [1.82, 2.24) is 62.3 Å². The van der Waals surface area contributed by atoms with Crippen LogP contribution in [0.15, 0.2) is 120 Å². The second kappa shape index (κ2) is 33.5. The van der Waals surface area contributed by atoms with E-state index in [-0.39, 0.29) is 100 Å². The van der Waals surface area contributed by atoms with E-state index in [1.165, 1.54) is 41.1 Å². The fourth-order valence-electron chi connectivity index (χ4n) is 12.0. The van der Waals surface area contributed by atoms with Crippen LogP contribution in [0.5, 0.6) is 5.75 Å². The number of carbonyl (C=O) groups is 10. The van der Waals surface area contributed by atoms with E-state index in [4.69, 9.17) is 11.5 Å². The third-order valence-corrected chi connectivity index (χ3v) is 17.0. The zero-order valence-corrected chi connectivity index (χ0v) is 53.8. The Kier molecular flexibility index (Phi) is 24.9. The Morgan fingerprint density at radius 2 is 1.27 bits per heavy atom. The number of amides is 10. The summed E-state index contributed by atoms with van der Waals surface area (Å²) in [4.78, 5) is 156. The molecule has 0 bridgehead atoms. The normalized spacial score (nSPS) is 16.7. The summed E-state index contributed by atoms with van der Waals surface area (Å²) in [6, 6.07) is 19.4. The number of carbonyl (C=O) groups excluding carboxylic acids is 10. The van der Waals surface area contributed by atoms with Gasteiger partial charge in [0.05, 0.1) is 6.61 Å². The average molecular weight is 1310 g/mol. The van der Waals surface area contributed by atoms with Gasteiger partial charge in [0, 0.05) is 87.1 Å². The maximum Gasteiger partial charge on any atom is 0.245 e. The summed E-state index contributed by atoms with van der Waals surface area (Å²) in [5.41, 5.74) is 14.8. The predicted molar refractivity (Wildman–Crippen MR) is 355 cm³/mol. The number of fused-ring (bicyclic) bond motifs is 2. The molecular weight excluding hydrogens is 1220 g/mol. The van der Waals surface area contributed by atoms with E-state index in [0.29, 0.717) is 41.8 Å². The first-order chi connectivity index (χ1) is 45.6. The standard InChI is InChI=1S/C68H87N15O12/c1-5-71-64(92)56-22-14-30-83(56)67(95)49(21-13-29-72-68(69)70)76-59(87)51(31-39(2)3)77-62(90)54(36-44-34-42-17-9-11-19-47(42)74-44)79-60(88)52(32-41-23-25-45(85)26-24-41)78-63(91)55(38-84)81-61(89)53(35-43-37-73-48-20-12-10-18-46(43)48)80-65(93)57(33-40-15-7-6-8-16-40)82(4)66(94)50-27-28-58(86)75-50/h6-12,15-20,23-26,34,37,39,49-57,73-74,84-85H,5,13-14,21-22,27-33,35-36,38H2,1-4H3,(H,71,92)(H,75,86)(H,76,87)(H,77,90)(H,78,91)(H,79,88)(H,80,93)(H,81,89)(H4,69,70,72)/t49-,50-,51-,52-,53-,54+,55-,56-,57-/m0/s1. The number of aliphatic hydroxyl groups is 1. The number of aromatic nitrogens is 2. The molecule has 0 unspecified atom stereocenters. The molecule has 27 nitrogen and oxygen atoms in total. The van der Waals surface area contributed by atoms with E-state index in [1.807, 2.05) is 56.3 Å². The predicted octanol–water partition coefficient (Wildman–Crippen LogP) is 0.859. The number of aliphatic hydroxyl groups excluding tert-OH is 1. The molecule has 0 aliphatic carbocycles. The number of phenolic OH excluding ortho intramolecular Hbond substituents is 1. The minimum atomic E-state index is -1.77. The molecular formula is C68H87N15O12. The van der Waals surface area contributed by atoms with Crippen molar-refractivity contribution < 1.29 is 58.2 Å². The highest BCUT2D eigenvalue weighted by Crippen LogP contribution is 2.24. The fourth-order valence-corrected chi connectivity index (χ4v) is 12.0. The van der Waals surface area contributed by atoms with Crippen LogP contribution in [0.25, 0.3) is 21.8 Å². The van der Waals surface area contributed by atoms with Gasteiger partial charge in [0.2, 0.25) is 59.1 Å². The molecule has 10 amide bonds. The number of guanidine groups is 1. The van der Waals surface area contributed by atoms with Crippen molar-refractivity contribution in [1.29, 1.82) is 0 Å². The molecule has 0 radical (unpaired) electrons. The lowest BCUT2D eigenvalue weighted by Gasteiger charge is -2.31. The molecule has 0 spiro atoms. The third-order valence-electron chi connectivity index (χ3n) is 17.0. The number of likely N-dealkylation sites (N-methyl/N-ethyl adjacent to an activating group) is 2. The second-order valence-corrected chi connectivity index (χ2v) is 24.5. The van der Waals surface area contributed by atoms with Gasteiger partial charge in [0.1, 0.15) is 60.1 Å². The third kappa shape index (κ3) is 19.4. The van der Waals surface area contributed by atoms with E-state index in [1.54, 1.807) is 55.6 Å². The number of hydrogen-bond donors (Lipinski definition) is 14. The number of likely N-dealkylation sites (tertiary alicyclic amines) is 1. The first kappa shape index (κ1) is 70.6. The van der Waals surface area contributed by atoms with Gasteiger partial charge in [-0.1, -0.05) is 92.7 Å². The lowest BCUT2D eigenvalue weighted by Crippen LogP contribution is -2.61. The van der Waals surface area contributed by atoms with Gasteiger partial charge in [-0.3, -0.25) is 52.9 Å². The number of nitrogens with two attached hydrogens (primary N) is 2. The quantitative estimate of drug-likeness (QED) is 0.0158. The van der Waals surface area contributed by atoms with Crippen LogP contribution in [0.3, 0.4) is 0 Å². The van der Waals surface area contributed by atoms with E-state index in [2.05, 4.69) is 57.5 Å². The molecule has 2 aliphatic rings. The van der Waals surface area contributed by atoms with Crippen LogP contribution in [0.4, 0.5) is 0 Å². The van der Waals surface area contributed by atoms with Gasteiger partial charge in [-0.15, -0.1) is 0 Å². The maximum absolute atomic E-state index is 15.1. The molecule has 2 aromatic heterocycles. The molecule has 2 saturated heterocycles. The summed E-state index contributed by atoms with van der Waals surface area (Å²) < 4.78 is 0. The van der Waals surface area contributed by atoms with Gasteiger partial charge in [-0.05, 0) is 104 Å². The van der Waals surface area contributed by atoms with Crippen LogP contribution in [0.1, 0.15) is 88.1 Å². The van der Waals surface area contributed by atoms with Crippen LogP contribution >= 0.6 is 0 Å². The smallest absolute Gasteiger partial charge is 0.245 e. The first-order valence-electron chi connectivity index (χ1n) is 32.2. The van der Waals surface area contributed by atoms with Gasteiger partial charge < -0.3 is 84.0 Å². The molecule has 2 aliphatic heterocycles. The van der Waals surface area contributed by atoms with E-state index >= 15 is 9.59 Å². The summed E-state index contributed by atoms with van der Waals surface area (Å²) >= 11 is 0. The molecule has 0 saturated carbocycles. The number of hydrogen-bond acceptors (Lipinski definition) is 13. The molecule has 8 rings (SSSR count). The van der Waals surface area contributed by atoms with Crippen molar-refractivity contribution in [3.8, 4) is 5.75 Å². The molecule has 4 heterocycles. The van der Waals surface area contributed by atoms with Crippen LogP contribution < -0.4 is 54.0 Å². The van der Waals surface area contributed by atoms with Gasteiger partial charge in [-0.25, -0.2) is 0 Å². The number of aliphatic imine (C=N–C) groups is 1. The average Bonchev–Trinajstić information content (AvgIpc) is 1.80. The molecule has 506 valence electrons. The Hall–Kier alpha value is -10.3. The van der Waals surface area contributed by atoms with Gasteiger partial charge in [0.15, 0.2) is 5.96 Å². The van der Waals surface area contributed by atoms with Crippen LogP contribution in [-0.2, 0) is 73.6 Å². The lowest BCUT2D eigenvalue weighted by atomic mass is 10.00. The van der Waals surface area contributed by atoms with Crippen molar-refractivity contribution in [3.05, 3.63) is 138 Å². The molecule has 27 heteroatoms. The number of nitrogens with one attached hydrogen (secondary N) is 10. The van der Waals surface area contributed by atoms with E-state index in [9.17, 15) is 48.6 Å². The van der Waals surface area contributed by atoms with Crippen LogP contribution in [0, 0.1) is 5.92 Å². The summed E-state index contributed by atoms with van der Waals surface area (Å²) in [5.74, 6) is -7.32. The molecule has 4 aromatic carbocycles. The Labute approximate surface area is 550 Å². The Balaban J connectivity index is 1.06. The number of nitrogens with zero attached hydrogens (tertiary/aromatic N) is 3. The number of aromatic amines is 2. The molecule has 6 aromatic rings. The topological polar surface area (TPSA) is 410 Å². The Bertz CT molecular complexity index is 3690. The monoisotopic (exact) mass is 1310 g/mol. The molecule has 16 N–H and O–H groups in total. The number of H-pyrrole nitrogens is 2. The highest BCUT2D eigenvalue weighted by Gasteiger charge is 2.41. The highest BCUT2D eigenvalue weighted by molar-refractivity contribution is 6.00. The van der Waals surface area contributed by atoms with Crippen LogP contribution in [0.2, 0.25) is 0 Å².